The number of carbonyl (C=O) groups excluding carboxylic acids is 2. The lowest BCUT2D eigenvalue weighted by molar-refractivity contribution is -0.316. The molecule has 14 unspecified atom stereocenters. The minimum absolute atomic E-state index is 0.0294. The van der Waals surface area contributed by atoms with Crippen molar-refractivity contribution in [1.82, 2.24) is 16.0 Å². The van der Waals surface area contributed by atoms with Crippen LogP contribution in [-0.4, -0.2) is 136 Å². The number of carbonyl (C=O) groups is 2. The number of rotatable bonds is 11. The molecule has 1 saturated carbocycles. The maximum Gasteiger partial charge on any atom is 0.407 e. The number of ether oxygens (including phenoxy) is 5. The lowest BCUT2D eigenvalue weighted by Gasteiger charge is -2.52. The summed E-state index contributed by atoms with van der Waals surface area (Å²) in [5.41, 5.74) is -1.49. The molecule has 2 aliphatic heterocycles. The Bertz CT molecular complexity index is 1050. The zero-order valence-electron chi connectivity index (χ0n) is 30.6. The Kier molecular flexibility index (Phi) is 14.9. The third-order valence-electron chi connectivity index (χ3n) is 9.51. The summed E-state index contributed by atoms with van der Waals surface area (Å²) in [4.78, 5) is 25.3. The van der Waals surface area contributed by atoms with Crippen molar-refractivity contribution in [2.24, 2.45) is 17.8 Å². The molecule has 14 atom stereocenters. The predicted octanol–water partition coefficient (Wildman–Crippen LogP) is 1.16. The monoisotopic (exact) mass is 705 g/mol. The molecule has 15 heteroatoms. The van der Waals surface area contributed by atoms with Crippen LogP contribution in [0.15, 0.2) is 0 Å². The van der Waals surface area contributed by atoms with E-state index in [0.717, 1.165) is 19.3 Å². The SMILES string of the molecule is CCC1CCC(C)C(C2C(NC(=O)OC(C)(C)C)CC(NCC(O)CNC(=O)OC(C)(C)C)C(OC3OC(CO)C(O)C(C)C3O)C2O)O1. The summed E-state index contributed by atoms with van der Waals surface area (Å²) in [5, 5.41) is 63.2. The fraction of sp³-hybridized carbons (Fsp3) is 0.941. The van der Waals surface area contributed by atoms with E-state index in [1.807, 2.05) is 13.8 Å². The van der Waals surface area contributed by atoms with Crippen molar-refractivity contribution >= 4 is 12.2 Å². The summed E-state index contributed by atoms with van der Waals surface area (Å²) in [6.45, 7) is 15.5. The van der Waals surface area contributed by atoms with Crippen LogP contribution >= 0.6 is 0 Å². The Morgan fingerprint density at radius 1 is 0.878 bits per heavy atom. The van der Waals surface area contributed by atoms with Gasteiger partial charge in [0, 0.05) is 37.0 Å². The molecule has 15 nitrogen and oxygen atoms in total. The Labute approximate surface area is 290 Å². The highest BCUT2D eigenvalue weighted by Crippen LogP contribution is 2.40. The molecule has 2 heterocycles. The number of aliphatic hydroxyl groups excluding tert-OH is 5. The van der Waals surface area contributed by atoms with Gasteiger partial charge in [-0.1, -0.05) is 20.8 Å². The molecule has 0 bridgehead atoms. The fourth-order valence-electron chi connectivity index (χ4n) is 6.90. The largest absolute Gasteiger partial charge is 0.444 e. The van der Waals surface area contributed by atoms with Gasteiger partial charge in [-0.15, -0.1) is 0 Å². The van der Waals surface area contributed by atoms with Crippen LogP contribution in [0.25, 0.3) is 0 Å². The molecule has 0 aromatic heterocycles. The van der Waals surface area contributed by atoms with Crippen LogP contribution in [0.2, 0.25) is 0 Å². The van der Waals surface area contributed by atoms with Gasteiger partial charge in [0.2, 0.25) is 0 Å². The van der Waals surface area contributed by atoms with Crippen LogP contribution in [0, 0.1) is 17.8 Å². The first-order chi connectivity index (χ1) is 22.7. The molecule has 0 aromatic carbocycles. The van der Waals surface area contributed by atoms with Gasteiger partial charge in [0.05, 0.1) is 37.1 Å². The number of amides is 2. The Hall–Kier alpha value is -1.82. The quantitative estimate of drug-likeness (QED) is 0.152. The summed E-state index contributed by atoms with van der Waals surface area (Å²) in [6.07, 6.45) is -7.34. The highest BCUT2D eigenvalue weighted by atomic mass is 16.7. The third-order valence-corrected chi connectivity index (χ3v) is 9.51. The average Bonchev–Trinajstić information content (AvgIpc) is 2.99. The van der Waals surface area contributed by atoms with E-state index in [2.05, 4.69) is 16.0 Å². The van der Waals surface area contributed by atoms with Crippen molar-refractivity contribution in [3.8, 4) is 0 Å². The number of alkyl carbamates (subject to hydrolysis) is 2. The van der Waals surface area contributed by atoms with Crippen molar-refractivity contribution in [2.75, 3.05) is 19.7 Å². The molecule has 2 amide bonds. The van der Waals surface area contributed by atoms with E-state index >= 15 is 0 Å². The van der Waals surface area contributed by atoms with Crippen LogP contribution in [-0.2, 0) is 23.7 Å². The van der Waals surface area contributed by atoms with Crippen LogP contribution in [0.1, 0.15) is 88.0 Å². The van der Waals surface area contributed by atoms with Crippen LogP contribution in [0.3, 0.4) is 0 Å². The second-order valence-electron chi connectivity index (χ2n) is 16.0. The van der Waals surface area contributed by atoms with Crippen LogP contribution in [0.5, 0.6) is 0 Å². The van der Waals surface area contributed by atoms with Crippen molar-refractivity contribution < 1.29 is 58.8 Å². The van der Waals surface area contributed by atoms with Gasteiger partial charge in [0.1, 0.15) is 29.5 Å². The van der Waals surface area contributed by atoms with Crippen molar-refractivity contribution in [3.05, 3.63) is 0 Å². The lowest BCUT2D eigenvalue weighted by atomic mass is 9.70. The van der Waals surface area contributed by atoms with Crippen LogP contribution in [0.4, 0.5) is 9.59 Å². The standard InChI is InChI=1S/C34H63N3O12/c1-10-20-12-11-17(2)28(45-20)24-21(37-32(44)49-34(7,8)9)13-22(35-14-19(39)15-36-31(43)48-33(4,5)6)29(27(24)42)47-30-26(41)18(3)25(40)23(16-38)46-30/h17-30,35,38-42H,10-16H2,1-9H3,(H,36,43)(H,37,44). The van der Waals surface area contributed by atoms with E-state index < -0.39 is 103 Å². The molecule has 1 aliphatic carbocycles. The zero-order valence-corrected chi connectivity index (χ0v) is 30.6. The first-order valence-electron chi connectivity index (χ1n) is 17.7. The molecule has 49 heavy (non-hydrogen) atoms. The molecular weight excluding hydrogens is 642 g/mol. The summed E-state index contributed by atoms with van der Waals surface area (Å²) in [5.74, 6) is -1.36. The van der Waals surface area contributed by atoms with Gasteiger partial charge in [-0.2, -0.15) is 0 Å². The maximum atomic E-state index is 13.2. The number of hydrogen-bond donors (Lipinski definition) is 8. The lowest BCUT2D eigenvalue weighted by Crippen LogP contribution is -2.68. The molecule has 286 valence electrons. The first-order valence-corrected chi connectivity index (χ1v) is 17.7. The molecule has 3 aliphatic rings. The highest BCUT2D eigenvalue weighted by molar-refractivity contribution is 5.68. The Morgan fingerprint density at radius 2 is 1.51 bits per heavy atom. The Balaban J connectivity index is 1.92. The molecular formula is C34H63N3O12. The number of aliphatic hydroxyl groups is 5. The van der Waals surface area contributed by atoms with Gasteiger partial charge in [0.15, 0.2) is 6.29 Å². The zero-order chi connectivity index (χ0) is 36.8. The fourth-order valence-corrected chi connectivity index (χ4v) is 6.90. The van der Waals surface area contributed by atoms with E-state index in [4.69, 9.17) is 23.7 Å². The number of hydrogen-bond acceptors (Lipinski definition) is 13. The van der Waals surface area contributed by atoms with Crippen molar-refractivity contribution in [2.45, 2.75) is 166 Å². The van der Waals surface area contributed by atoms with E-state index in [9.17, 15) is 35.1 Å². The maximum absolute atomic E-state index is 13.2. The highest BCUT2D eigenvalue weighted by Gasteiger charge is 2.53. The number of nitrogens with one attached hydrogen (secondary N) is 3. The van der Waals surface area contributed by atoms with Gasteiger partial charge in [-0.3, -0.25) is 0 Å². The molecule has 2 saturated heterocycles. The normalized spacial score (nSPS) is 38.0. The topological polar surface area (TPSA) is 218 Å². The average molecular weight is 706 g/mol. The van der Waals surface area contributed by atoms with E-state index in [1.54, 1.807) is 48.5 Å². The van der Waals surface area contributed by atoms with E-state index in [1.165, 1.54) is 0 Å². The third kappa shape index (κ3) is 11.9. The Morgan fingerprint density at radius 3 is 2.10 bits per heavy atom. The summed E-state index contributed by atoms with van der Waals surface area (Å²) < 4.78 is 29.6. The summed E-state index contributed by atoms with van der Waals surface area (Å²) in [7, 11) is 0. The smallest absolute Gasteiger partial charge is 0.407 e. The molecule has 0 aromatic rings. The van der Waals surface area contributed by atoms with Gasteiger partial charge in [-0.05, 0) is 73.1 Å². The predicted molar refractivity (Wildman–Crippen MR) is 178 cm³/mol. The summed E-state index contributed by atoms with van der Waals surface area (Å²) in [6, 6.07) is -1.39. The van der Waals surface area contributed by atoms with Crippen molar-refractivity contribution in [1.29, 1.82) is 0 Å². The molecule has 0 radical (unpaired) electrons. The van der Waals surface area contributed by atoms with Crippen LogP contribution < -0.4 is 16.0 Å². The first kappa shape index (κ1) is 41.6. The molecule has 0 spiro atoms. The van der Waals surface area contributed by atoms with Gasteiger partial charge < -0.3 is 65.2 Å². The molecule has 3 rings (SSSR count). The van der Waals surface area contributed by atoms with E-state index in [-0.39, 0.29) is 31.5 Å². The molecule has 8 N–H and O–H groups in total. The second kappa shape index (κ2) is 17.6. The van der Waals surface area contributed by atoms with Gasteiger partial charge in [-0.25, -0.2) is 9.59 Å². The molecule has 3 fully saturated rings. The summed E-state index contributed by atoms with van der Waals surface area (Å²) >= 11 is 0. The minimum Gasteiger partial charge on any atom is -0.444 e. The second-order valence-corrected chi connectivity index (χ2v) is 16.0. The minimum atomic E-state index is -1.32. The van der Waals surface area contributed by atoms with Gasteiger partial charge >= 0.3 is 12.2 Å². The van der Waals surface area contributed by atoms with Crippen molar-refractivity contribution in [3.63, 3.8) is 0 Å². The van der Waals surface area contributed by atoms with E-state index in [0.29, 0.717) is 0 Å². The van der Waals surface area contributed by atoms with Gasteiger partial charge in [0.25, 0.3) is 0 Å².